The lowest BCUT2D eigenvalue weighted by molar-refractivity contribution is -0.119. The van der Waals surface area contributed by atoms with Gasteiger partial charge in [-0.3, -0.25) is 4.79 Å². The van der Waals surface area contributed by atoms with Crippen molar-refractivity contribution in [1.29, 1.82) is 0 Å². The van der Waals surface area contributed by atoms with Crippen LogP contribution in [0.5, 0.6) is 0 Å². The molecule has 30 heavy (non-hydrogen) atoms. The van der Waals surface area contributed by atoms with E-state index in [0.717, 1.165) is 18.5 Å². The highest BCUT2D eigenvalue weighted by atomic mass is 32.1. The molecule has 2 aromatic carbocycles. The van der Waals surface area contributed by atoms with Crippen LogP contribution >= 0.6 is 12.6 Å². The molecule has 2 atom stereocenters. The zero-order chi connectivity index (χ0) is 21.3. The van der Waals surface area contributed by atoms with Crippen LogP contribution in [0.15, 0.2) is 54.6 Å². The van der Waals surface area contributed by atoms with Crippen LogP contribution in [-0.4, -0.2) is 48.8 Å². The molecule has 5 nitrogen and oxygen atoms in total. The van der Waals surface area contributed by atoms with Crippen LogP contribution in [0.25, 0.3) is 0 Å². The number of carbonyl (C=O) groups is 2. The van der Waals surface area contributed by atoms with Crippen molar-refractivity contribution in [3.63, 3.8) is 0 Å². The summed E-state index contributed by atoms with van der Waals surface area (Å²) in [5, 5.41) is 2.92. The molecule has 0 radical (unpaired) electrons. The molecular formula is C24H30N2O3S. The molecule has 0 saturated carbocycles. The van der Waals surface area contributed by atoms with Crippen LogP contribution in [0.2, 0.25) is 0 Å². The molecule has 1 N–H and O–H groups in total. The smallest absolute Gasteiger partial charge is 0.338 e. The minimum absolute atomic E-state index is 0.108. The Hall–Kier alpha value is -2.31. The third-order valence-corrected chi connectivity index (χ3v) is 6.05. The van der Waals surface area contributed by atoms with E-state index in [0.29, 0.717) is 30.0 Å². The average Bonchev–Trinajstić information content (AvgIpc) is 2.77. The van der Waals surface area contributed by atoms with Gasteiger partial charge in [0.15, 0.2) is 0 Å². The summed E-state index contributed by atoms with van der Waals surface area (Å²) in [6.45, 7) is 1.43. The molecule has 6 heteroatoms. The highest BCUT2D eigenvalue weighted by molar-refractivity contribution is 7.80. The van der Waals surface area contributed by atoms with Crippen LogP contribution < -0.4 is 5.32 Å². The van der Waals surface area contributed by atoms with E-state index in [9.17, 15) is 9.59 Å². The Kier molecular flexibility index (Phi) is 8.34. The third kappa shape index (κ3) is 6.34. The monoisotopic (exact) mass is 426 g/mol. The maximum Gasteiger partial charge on any atom is 0.338 e. The number of thiol groups is 1. The standard InChI is InChI=1S/C24H30N2O3S/c1-26-13-6-5-12-22(26)16-29-24(28)19-10-7-11-21(15-19)25-23(27)20(17-30)14-18-8-3-2-4-9-18/h2-4,7-11,15,20,22,30H,5-6,12-14,16-17H2,1H3,(H,25,27). The number of likely N-dealkylation sites (tertiary alicyclic amines) is 1. The van der Waals surface area contributed by atoms with E-state index >= 15 is 0 Å². The SMILES string of the molecule is CN1CCCCC1COC(=O)c1cccc(NC(=O)C(CS)Cc2ccccc2)c1. The Bertz CT molecular complexity index is 843. The molecule has 0 bridgehead atoms. The number of hydrogen-bond donors (Lipinski definition) is 2. The molecule has 3 rings (SSSR count). The van der Waals surface area contributed by atoms with E-state index in [1.54, 1.807) is 24.3 Å². The molecule has 0 aromatic heterocycles. The highest BCUT2D eigenvalue weighted by Gasteiger charge is 2.21. The number of piperidine rings is 1. The van der Waals surface area contributed by atoms with Crippen molar-refractivity contribution in [2.45, 2.75) is 31.7 Å². The zero-order valence-corrected chi connectivity index (χ0v) is 18.3. The molecule has 1 fully saturated rings. The molecular weight excluding hydrogens is 396 g/mol. The summed E-state index contributed by atoms with van der Waals surface area (Å²) < 4.78 is 5.54. The van der Waals surface area contributed by atoms with Crippen molar-refractivity contribution in [2.75, 3.05) is 31.3 Å². The van der Waals surface area contributed by atoms with Gasteiger partial charge in [0.05, 0.1) is 11.5 Å². The zero-order valence-electron chi connectivity index (χ0n) is 17.4. The number of likely N-dealkylation sites (N-methyl/N-ethyl adjacent to an activating group) is 1. The van der Waals surface area contributed by atoms with E-state index in [1.165, 1.54) is 12.8 Å². The van der Waals surface area contributed by atoms with Crippen molar-refractivity contribution in [2.24, 2.45) is 5.92 Å². The minimum atomic E-state index is -0.361. The summed E-state index contributed by atoms with van der Waals surface area (Å²) in [7, 11) is 2.07. The number of amides is 1. The summed E-state index contributed by atoms with van der Waals surface area (Å²) in [5.41, 5.74) is 2.12. The molecule has 160 valence electrons. The molecule has 0 spiro atoms. The molecule has 1 heterocycles. The van der Waals surface area contributed by atoms with Gasteiger partial charge in [-0.15, -0.1) is 0 Å². The van der Waals surface area contributed by atoms with Gasteiger partial charge in [0.1, 0.15) is 6.61 Å². The molecule has 1 amide bonds. The Morgan fingerprint density at radius 3 is 2.70 bits per heavy atom. The summed E-state index contributed by atoms with van der Waals surface area (Å²) >= 11 is 4.35. The quantitative estimate of drug-likeness (QED) is 0.494. The molecule has 1 saturated heterocycles. The lowest BCUT2D eigenvalue weighted by atomic mass is 10.00. The summed E-state index contributed by atoms with van der Waals surface area (Å²) in [6, 6.07) is 17.1. The fourth-order valence-corrected chi connectivity index (χ4v) is 4.01. The Labute approximate surface area is 184 Å². The van der Waals surface area contributed by atoms with Gasteiger partial charge in [-0.2, -0.15) is 12.6 Å². The van der Waals surface area contributed by atoms with Crippen LogP contribution in [0.3, 0.4) is 0 Å². The fraction of sp³-hybridized carbons (Fsp3) is 0.417. The van der Waals surface area contributed by atoms with Crippen molar-refractivity contribution in [1.82, 2.24) is 4.90 Å². The largest absolute Gasteiger partial charge is 0.460 e. The van der Waals surface area contributed by atoms with Gasteiger partial charge in [0.25, 0.3) is 0 Å². The summed E-state index contributed by atoms with van der Waals surface area (Å²) in [6.07, 6.45) is 4.03. The van der Waals surface area contributed by atoms with E-state index < -0.39 is 0 Å². The first-order valence-corrected chi connectivity index (χ1v) is 11.1. The highest BCUT2D eigenvalue weighted by Crippen LogP contribution is 2.18. The lowest BCUT2D eigenvalue weighted by Gasteiger charge is -2.31. The van der Waals surface area contributed by atoms with Gasteiger partial charge in [0.2, 0.25) is 5.91 Å². The number of esters is 1. The predicted octanol–water partition coefficient (Wildman–Crippen LogP) is 4.05. The lowest BCUT2D eigenvalue weighted by Crippen LogP contribution is -2.39. The van der Waals surface area contributed by atoms with Gasteiger partial charge in [-0.05, 0) is 56.6 Å². The summed E-state index contributed by atoms with van der Waals surface area (Å²) in [5.74, 6) is -0.284. The number of nitrogens with zero attached hydrogens (tertiary/aromatic N) is 1. The van der Waals surface area contributed by atoms with Crippen molar-refractivity contribution in [3.05, 3.63) is 65.7 Å². The number of ether oxygens (including phenoxy) is 1. The van der Waals surface area contributed by atoms with Gasteiger partial charge < -0.3 is 15.0 Å². The molecule has 2 aromatic rings. The van der Waals surface area contributed by atoms with Gasteiger partial charge >= 0.3 is 5.97 Å². The van der Waals surface area contributed by atoms with Gasteiger partial charge in [-0.25, -0.2) is 4.79 Å². The molecule has 0 aliphatic carbocycles. The van der Waals surface area contributed by atoms with E-state index in [1.807, 2.05) is 30.3 Å². The van der Waals surface area contributed by atoms with E-state index in [4.69, 9.17) is 4.74 Å². The predicted molar refractivity (Wildman–Crippen MR) is 123 cm³/mol. The Balaban J connectivity index is 1.57. The molecule has 2 unspecified atom stereocenters. The number of rotatable bonds is 8. The van der Waals surface area contributed by atoms with Crippen LogP contribution in [-0.2, 0) is 16.0 Å². The minimum Gasteiger partial charge on any atom is -0.460 e. The second-order valence-corrected chi connectivity index (χ2v) is 8.23. The molecule has 1 aliphatic rings. The first-order chi connectivity index (χ1) is 14.6. The van der Waals surface area contributed by atoms with Crippen LogP contribution in [0.4, 0.5) is 5.69 Å². The van der Waals surface area contributed by atoms with E-state index in [-0.39, 0.29) is 23.8 Å². The normalized spacial score (nSPS) is 17.9. The van der Waals surface area contributed by atoms with Gasteiger partial charge in [0, 0.05) is 17.5 Å². The average molecular weight is 427 g/mol. The summed E-state index contributed by atoms with van der Waals surface area (Å²) in [4.78, 5) is 27.5. The number of nitrogens with one attached hydrogen (secondary N) is 1. The Morgan fingerprint density at radius 1 is 1.17 bits per heavy atom. The van der Waals surface area contributed by atoms with Crippen molar-refractivity contribution < 1.29 is 14.3 Å². The van der Waals surface area contributed by atoms with Gasteiger partial charge in [-0.1, -0.05) is 42.8 Å². The maximum atomic E-state index is 12.7. The van der Waals surface area contributed by atoms with Crippen molar-refractivity contribution >= 4 is 30.2 Å². The topological polar surface area (TPSA) is 58.6 Å². The number of anilines is 1. The maximum absolute atomic E-state index is 12.7. The number of benzene rings is 2. The van der Waals surface area contributed by atoms with Crippen molar-refractivity contribution in [3.8, 4) is 0 Å². The van der Waals surface area contributed by atoms with E-state index in [2.05, 4.69) is 29.9 Å². The second kappa shape index (κ2) is 11.2. The fourth-order valence-electron chi connectivity index (χ4n) is 3.72. The first kappa shape index (κ1) is 22.4. The van der Waals surface area contributed by atoms with Crippen LogP contribution in [0, 0.1) is 5.92 Å². The Morgan fingerprint density at radius 2 is 1.97 bits per heavy atom. The molecule has 1 aliphatic heterocycles. The number of hydrogen-bond acceptors (Lipinski definition) is 5. The first-order valence-electron chi connectivity index (χ1n) is 10.5. The van der Waals surface area contributed by atoms with Crippen LogP contribution in [0.1, 0.15) is 35.2 Å². The second-order valence-electron chi connectivity index (χ2n) is 7.87. The number of carbonyl (C=O) groups excluding carboxylic acids is 2. The third-order valence-electron chi connectivity index (χ3n) is 5.61.